The molecule has 0 radical (unpaired) electrons. The number of hydrogen-bond donors (Lipinski definition) is 0. The highest BCUT2D eigenvalue weighted by atomic mass is 35.5. The van der Waals surface area contributed by atoms with Gasteiger partial charge in [-0.1, -0.05) is 94.9 Å². The van der Waals surface area contributed by atoms with E-state index in [2.05, 4.69) is 48.5 Å². The standard InChI is InChI=1S/C24H8Cl4/c25-21-12-7-5-10-3-1-9-2-4-11-6-8-13-18-16(11)14(9)15(10)17(12)19(18)20(23(21)27)24(28)22(13)26/h1-8H. The van der Waals surface area contributed by atoms with Crippen molar-refractivity contribution in [3.05, 3.63) is 68.6 Å². The maximum Gasteiger partial charge on any atom is 0.0692 e. The van der Waals surface area contributed by atoms with Crippen molar-refractivity contribution in [2.45, 2.75) is 0 Å². The molecule has 0 atom stereocenters. The molecule has 0 fully saturated rings. The minimum Gasteiger partial charge on any atom is -0.0820 e. The monoisotopic (exact) mass is 436 g/mol. The van der Waals surface area contributed by atoms with Crippen LogP contribution in [0.25, 0.3) is 64.6 Å². The fraction of sp³-hybridized carbons (Fsp3) is 0. The Hall–Kier alpha value is -1.96. The molecule has 0 heterocycles. The predicted octanol–water partition coefficient (Wildman–Crippen LogP) is 9.53. The molecule has 7 aromatic rings. The molecule has 0 unspecified atom stereocenters. The van der Waals surface area contributed by atoms with Crippen molar-refractivity contribution < 1.29 is 0 Å². The van der Waals surface area contributed by atoms with E-state index in [0.29, 0.717) is 20.1 Å². The van der Waals surface area contributed by atoms with Crippen LogP contribution in [0.3, 0.4) is 0 Å². The van der Waals surface area contributed by atoms with Crippen LogP contribution in [-0.4, -0.2) is 0 Å². The third-order valence-corrected chi connectivity index (χ3v) is 7.93. The number of benzene rings is 7. The molecule has 0 aliphatic heterocycles. The minimum absolute atomic E-state index is 0.459. The molecule has 0 aromatic heterocycles. The van der Waals surface area contributed by atoms with Gasteiger partial charge in [0.25, 0.3) is 0 Å². The molecule has 0 N–H and O–H groups in total. The predicted molar refractivity (Wildman–Crippen MR) is 125 cm³/mol. The topological polar surface area (TPSA) is 0 Å². The molecule has 0 aliphatic rings. The van der Waals surface area contributed by atoms with Gasteiger partial charge < -0.3 is 0 Å². The zero-order valence-electron chi connectivity index (χ0n) is 14.1. The molecule has 7 rings (SSSR count). The average molecular weight is 438 g/mol. The van der Waals surface area contributed by atoms with Crippen LogP contribution >= 0.6 is 46.4 Å². The number of rotatable bonds is 0. The first-order valence-electron chi connectivity index (χ1n) is 8.90. The highest BCUT2D eigenvalue weighted by Crippen LogP contribution is 2.55. The molecule has 0 nitrogen and oxygen atoms in total. The van der Waals surface area contributed by atoms with Crippen molar-refractivity contribution in [2.75, 3.05) is 0 Å². The fourth-order valence-electron chi connectivity index (χ4n) is 5.08. The summed E-state index contributed by atoms with van der Waals surface area (Å²) in [6.45, 7) is 0. The van der Waals surface area contributed by atoms with Crippen molar-refractivity contribution in [1.82, 2.24) is 0 Å². The number of hydrogen-bond acceptors (Lipinski definition) is 0. The van der Waals surface area contributed by atoms with Crippen LogP contribution < -0.4 is 0 Å². The van der Waals surface area contributed by atoms with Gasteiger partial charge in [-0.2, -0.15) is 0 Å². The summed E-state index contributed by atoms with van der Waals surface area (Å²) in [6, 6.07) is 17.0. The Morgan fingerprint density at radius 3 is 1.11 bits per heavy atom. The van der Waals surface area contributed by atoms with Crippen molar-refractivity contribution in [2.24, 2.45) is 0 Å². The Kier molecular flexibility index (Phi) is 2.81. The summed E-state index contributed by atoms with van der Waals surface area (Å²) in [5, 5.41) is 15.1. The van der Waals surface area contributed by atoms with Crippen LogP contribution in [0, 0.1) is 0 Å². The zero-order valence-corrected chi connectivity index (χ0v) is 17.2. The third-order valence-electron chi connectivity index (χ3n) is 6.20. The van der Waals surface area contributed by atoms with Crippen molar-refractivity contribution in [3.8, 4) is 0 Å². The average Bonchev–Trinajstić information content (AvgIpc) is 2.72. The zero-order chi connectivity index (χ0) is 18.9. The molecular weight excluding hydrogens is 430 g/mol. The van der Waals surface area contributed by atoms with Crippen LogP contribution in [0.4, 0.5) is 0 Å². The van der Waals surface area contributed by atoms with Gasteiger partial charge in [-0.3, -0.25) is 0 Å². The largest absolute Gasteiger partial charge is 0.0820 e. The van der Waals surface area contributed by atoms with Gasteiger partial charge in [0.15, 0.2) is 0 Å². The van der Waals surface area contributed by atoms with E-state index >= 15 is 0 Å². The Labute approximate surface area is 179 Å². The van der Waals surface area contributed by atoms with Gasteiger partial charge in [0.2, 0.25) is 0 Å². The smallest absolute Gasteiger partial charge is 0.0692 e. The quantitative estimate of drug-likeness (QED) is 0.163. The van der Waals surface area contributed by atoms with Crippen LogP contribution in [0.1, 0.15) is 0 Å². The molecule has 0 saturated carbocycles. The van der Waals surface area contributed by atoms with Gasteiger partial charge in [0.05, 0.1) is 20.1 Å². The van der Waals surface area contributed by atoms with Crippen LogP contribution in [0.15, 0.2) is 48.5 Å². The second-order valence-corrected chi connectivity index (χ2v) is 8.92. The molecule has 0 saturated heterocycles. The first kappa shape index (κ1) is 15.9. The van der Waals surface area contributed by atoms with Crippen molar-refractivity contribution in [1.29, 1.82) is 0 Å². The second kappa shape index (κ2) is 4.96. The molecule has 0 spiro atoms. The summed E-state index contributed by atoms with van der Waals surface area (Å²) < 4.78 is 0. The van der Waals surface area contributed by atoms with E-state index < -0.39 is 0 Å². The van der Waals surface area contributed by atoms with Crippen LogP contribution in [0.2, 0.25) is 20.1 Å². The van der Waals surface area contributed by atoms with E-state index in [1.165, 1.54) is 32.3 Å². The summed E-state index contributed by atoms with van der Waals surface area (Å²) in [5.41, 5.74) is 0. The third kappa shape index (κ3) is 1.57. The lowest BCUT2D eigenvalue weighted by Crippen LogP contribution is -1.95. The molecule has 0 amide bonds. The van der Waals surface area contributed by atoms with Gasteiger partial charge in [0, 0.05) is 32.3 Å². The highest BCUT2D eigenvalue weighted by Gasteiger charge is 2.26. The first-order valence-corrected chi connectivity index (χ1v) is 10.4. The Morgan fingerprint density at radius 1 is 0.321 bits per heavy atom. The molecule has 0 aliphatic carbocycles. The summed E-state index contributed by atoms with van der Waals surface area (Å²) in [5.74, 6) is 0. The molecule has 7 aromatic carbocycles. The minimum atomic E-state index is 0.459. The summed E-state index contributed by atoms with van der Waals surface area (Å²) in [4.78, 5) is 0. The van der Waals surface area contributed by atoms with E-state index in [1.807, 2.05) is 0 Å². The van der Waals surface area contributed by atoms with E-state index in [4.69, 9.17) is 46.4 Å². The lowest BCUT2D eigenvalue weighted by Gasteiger charge is -2.23. The van der Waals surface area contributed by atoms with Gasteiger partial charge in [-0.05, 0) is 32.3 Å². The van der Waals surface area contributed by atoms with Gasteiger partial charge in [-0.15, -0.1) is 0 Å². The summed E-state index contributed by atoms with van der Waals surface area (Å²) in [6.07, 6.45) is 0. The maximum atomic E-state index is 6.75. The van der Waals surface area contributed by atoms with E-state index in [-0.39, 0.29) is 0 Å². The fourth-order valence-corrected chi connectivity index (χ4v) is 6.21. The number of halogens is 4. The highest BCUT2D eigenvalue weighted by molar-refractivity contribution is 6.59. The van der Waals surface area contributed by atoms with E-state index in [9.17, 15) is 0 Å². The summed E-state index contributed by atoms with van der Waals surface area (Å²) in [7, 11) is 0. The first-order chi connectivity index (χ1) is 13.6. The Balaban J connectivity index is 2.10. The molecule has 0 bridgehead atoms. The van der Waals surface area contributed by atoms with Crippen LogP contribution in [-0.2, 0) is 0 Å². The van der Waals surface area contributed by atoms with Crippen LogP contribution in [0.5, 0.6) is 0 Å². The normalized spacial score (nSPS) is 13.0. The maximum absolute atomic E-state index is 6.75. The lowest BCUT2D eigenvalue weighted by molar-refractivity contribution is 1.79. The van der Waals surface area contributed by atoms with E-state index in [1.54, 1.807) is 0 Å². The van der Waals surface area contributed by atoms with Crippen molar-refractivity contribution >= 4 is 111 Å². The molecule has 132 valence electrons. The Bertz CT molecular complexity index is 1620. The van der Waals surface area contributed by atoms with Gasteiger partial charge in [0.1, 0.15) is 0 Å². The Morgan fingerprint density at radius 2 is 0.679 bits per heavy atom. The molecular formula is C24H8Cl4. The van der Waals surface area contributed by atoms with Gasteiger partial charge in [-0.25, -0.2) is 0 Å². The molecule has 28 heavy (non-hydrogen) atoms. The second-order valence-electron chi connectivity index (χ2n) is 7.41. The van der Waals surface area contributed by atoms with Gasteiger partial charge >= 0.3 is 0 Å². The van der Waals surface area contributed by atoms with Crippen molar-refractivity contribution in [3.63, 3.8) is 0 Å². The van der Waals surface area contributed by atoms with E-state index in [0.717, 1.165) is 32.3 Å². The summed E-state index contributed by atoms with van der Waals surface area (Å²) >= 11 is 27.0. The lowest BCUT2D eigenvalue weighted by atomic mass is 9.83. The SMILES string of the molecule is Clc1c(Cl)c2c(Cl)c(Cl)c3ccc4ccc5ccc6ccc1c1c6c5c4c3c21. The molecule has 4 heteroatoms.